The van der Waals surface area contributed by atoms with Gasteiger partial charge in [-0.05, 0) is 24.6 Å². The second kappa shape index (κ2) is 7.76. The van der Waals surface area contributed by atoms with Crippen LogP contribution in [0.4, 0.5) is 18.9 Å². The van der Waals surface area contributed by atoms with Crippen LogP contribution in [0, 0.1) is 0 Å². The first-order chi connectivity index (χ1) is 10.8. The van der Waals surface area contributed by atoms with Crippen LogP contribution in [-0.4, -0.2) is 44.5 Å². The molecule has 8 heteroatoms. The van der Waals surface area contributed by atoms with Crippen molar-refractivity contribution in [3.05, 3.63) is 29.8 Å². The highest BCUT2D eigenvalue weighted by Gasteiger charge is 2.27. The third-order valence-electron chi connectivity index (χ3n) is 3.22. The first-order valence-electron chi connectivity index (χ1n) is 7.24. The number of carbonyl (C=O) groups is 1. The highest BCUT2D eigenvalue weighted by atomic mass is 19.4. The second-order valence-electron chi connectivity index (χ2n) is 5.37. The molecule has 0 bridgehead atoms. The molecule has 0 spiro atoms. The van der Waals surface area contributed by atoms with E-state index in [-0.39, 0.29) is 12.2 Å². The summed E-state index contributed by atoms with van der Waals surface area (Å²) in [5.41, 5.74) is 1.46. The molecule has 1 fully saturated rings. The van der Waals surface area contributed by atoms with E-state index in [1.54, 1.807) is 12.1 Å². The van der Waals surface area contributed by atoms with Gasteiger partial charge in [0, 0.05) is 18.8 Å². The monoisotopic (exact) mass is 332 g/mol. The number of hydrogen-bond donors (Lipinski definition) is 2. The average molecular weight is 332 g/mol. The van der Waals surface area contributed by atoms with E-state index in [4.69, 9.17) is 4.74 Å². The van der Waals surface area contributed by atoms with Gasteiger partial charge in [-0.3, -0.25) is 4.79 Å². The molecule has 128 valence electrons. The topological polar surface area (TPSA) is 59.6 Å². The van der Waals surface area contributed by atoms with Crippen LogP contribution < -0.4 is 10.6 Å². The van der Waals surface area contributed by atoms with Gasteiger partial charge in [-0.2, -0.15) is 13.2 Å². The average Bonchev–Trinajstić information content (AvgIpc) is 2.46. The number of nitrogens with one attached hydrogen (secondary N) is 2. The molecule has 2 atom stereocenters. The third kappa shape index (κ3) is 6.17. The number of rotatable bonds is 5. The van der Waals surface area contributed by atoms with E-state index >= 15 is 0 Å². The SMILES string of the molecule is C[C@@H]1CNC[C@H](c2ccc(NC(=O)COCC(F)(F)F)cc2)O1. The van der Waals surface area contributed by atoms with Crippen LogP contribution in [-0.2, 0) is 14.3 Å². The van der Waals surface area contributed by atoms with Crippen LogP contribution in [0.25, 0.3) is 0 Å². The largest absolute Gasteiger partial charge is 0.411 e. The van der Waals surface area contributed by atoms with Crippen molar-refractivity contribution >= 4 is 11.6 Å². The Kier molecular flexibility index (Phi) is 5.97. The zero-order valence-corrected chi connectivity index (χ0v) is 12.7. The van der Waals surface area contributed by atoms with E-state index in [9.17, 15) is 18.0 Å². The van der Waals surface area contributed by atoms with Crippen molar-refractivity contribution in [3.63, 3.8) is 0 Å². The molecule has 0 aliphatic carbocycles. The van der Waals surface area contributed by atoms with E-state index < -0.39 is 25.3 Å². The number of carbonyl (C=O) groups excluding carboxylic acids is 1. The summed E-state index contributed by atoms with van der Waals surface area (Å²) in [6.07, 6.45) is -4.37. The van der Waals surface area contributed by atoms with Crippen molar-refractivity contribution in [2.24, 2.45) is 0 Å². The summed E-state index contributed by atoms with van der Waals surface area (Å²) >= 11 is 0. The smallest absolute Gasteiger partial charge is 0.368 e. The Balaban J connectivity index is 1.81. The Morgan fingerprint density at radius 3 is 2.65 bits per heavy atom. The molecule has 2 N–H and O–H groups in total. The molecule has 5 nitrogen and oxygen atoms in total. The minimum Gasteiger partial charge on any atom is -0.368 e. The summed E-state index contributed by atoms with van der Waals surface area (Å²) < 4.78 is 45.8. The van der Waals surface area contributed by atoms with Gasteiger partial charge in [0.1, 0.15) is 13.2 Å². The zero-order valence-electron chi connectivity index (χ0n) is 12.7. The third-order valence-corrected chi connectivity index (χ3v) is 3.22. The fourth-order valence-electron chi connectivity index (χ4n) is 2.23. The van der Waals surface area contributed by atoms with Crippen LogP contribution in [0.5, 0.6) is 0 Å². The second-order valence-corrected chi connectivity index (χ2v) is 5.37. The maximum Gasteiger partial charge on any atom is 0.411 e. The van der Waals surface area contributed by atoms with Crippen LogP contribution in [0.2, 0.25) is 0 Å². The first-order valence-corrected chi connectivity index (χ1v) is 7.24. The summed E-state index contributed by atoms with van der Waals surface area (Å²) in [5, 5.41) is 5.74. The lowest BCUT2D eigenvalue weighted by atomic mass is 10.1. The standard InChI is InChI=1S/C15H19F3N2O3/c1-10-6-19-7-13(23-10)11-2-4-12(5-3-11)20-14(21)8-22-9-15(16,17)18/h2-5,10,13,19H,6-9H2,1H3,(H,20,21)/t10-,13-/m1/s1. The Bertz CT molecular complexity index is 520. The highest BCUT2D eigenvalue weighted by molar-refractivity contribution is 5.91. The van der Waals surface area contributed by atoms with Crippen molar-refractivity contribution < 1.29 is 27.4 Å². The predicted octanol–water partition coefficient (Wildman–Crippen LogP) is 2.25. The lowest BCUT2D eigenvalue weighted by molar-refractivity contribution is -0.174. The van der Waals surface area contributed by atoms with Crippen LogP contribution >= 0.6 is 0 Å². The van der Waals surface area contributed by atoms with E-state index in [1.807, 2.05) is 19.1 Å². The Morgan fingerprint density at radius 1 is 1.35 bits per heavy atom. The lowest BCUT2D eigenvalue weighted by Gasteiger charge is -2.29. The molecular weight excluding hydrogens is 313 g/mol. The Morgan fingerprint density at radius 2 is 2.04 bits per heavy atom. The molecule has 2 rings (SSSR count). The predicted molar refractivity (Wildman–Crippen MR) is 78.1 cm³/mol. The number of ether oxygens (including phenoxy) is 2. The van der Waals surface area contributed by atoms with Crippen molar-refractivity contribution in [2.45, 2.75) is 25.3 Å². The fourth-order valence-corrected chi connectivity index (χ4v) is 2.23. The van der Waals surface area contributed by atoms with E-state index in [1.165, 1.54) is 0 Å². The van der Waals surface area contributed by atoms with Gasteiger partial charge < -0.3 is 20.1 Å². The van der Waals surface area contributed by atoms with E-state index in [2.05, 4.69) is 15.4 Å². The zero-order chi connectivity index (χ0) is 16.9. The molecule has 0 unspecified atom stereocenters. The number of amides is 1. The number of morpholine rings is 1. The highest BCUT2D eigenvalue weighted by Crippen LogP contribution is 2.22. The lowest BCUT2D eigenvalue weighted by Crippen LogP contribution is -2.38. The van der Waals surface area contributed by atoms with E-state index in [0.717, 1.165) is 12.1 Å². The molecule has 1 aliphatic heterocycles. The minimum atomic E-state index is -4.44. The number of hydrogen-bond acceptors (Lipinski definition) is 4. The van der Waals surface area contributed by atoms with Crippen LogP contribution in [0.15, 0.2) is 24.3 Å². The van der Waals surface area contributed by atoms with Gasteiger partial charge in [-0.15, -0.1) is 0 Å². The summed E-state index contributed by atoms with van der Waals surface area (Å²) in [5.74, 6) is -0.633. The molecule has 23 heavy (non-hydrogen) atoms. The maximum absolute atomic E-state index is 11.9. The van der Waals surface area contributed by atoms with Gasteiger partial charge in [0.05, 0.1) is 12.2 Å². The minimum absolute atomic E-state index is 0.0568. The molecule has 1 aliphatic rings. The Hall–Kier alpha value is -1.64. The quantitative estimate of drug-likeness (QED) is 0.868. The van der Waals surface area contributed by atoms with Crippen molar-refractivity contribution in [2.75, 3.05) is 31.6 Å². The van der Waals surface area contributed by atoms with Gasteiger partial charge in [0.2, 0.25) is 5.91 Å². The molecule has 1 heterocycles. The van der Waals surface area contributed by atoms with Crippen LogP contribution in [0.3, 0.4) is 0 Å². The Labute approximate surface area is 132 Å². The summed E-state index contributed by atoms with van der Waals surface area (Å²) in [7, 11) is 0. The number of halogens is 3. The normalized spacial score (nSPS) is 21.9. The molecule has 0 radical (unpaired) electrons. The molecule has 1 amide bonds. The van der Waals surface area contributed by atoms with Gasteiger partial charge >= 0.3 is 6.18 Å². The summed E-state index contributed by atoms with van der Waals surface area (Å²) in [6, 6.07) is 6.99. The fraction of sp³-hybridized carbons (Fsp3) is 0.533. The molecule has 1 aromatic rings. The van der Waals surface area contributed by atoms with Gasteiger partial charge in [-0.1, -0.05) is 12.1 Å². The van der Waals surface area contributed by atoms with Crippen LogP contribution in [0.1, 0.15) is 18.6 Å². The van der Waals surface area contributed by atoms with Crippen molar-refractivity contribution in [1.29, 1.82) is 0 Å². The van der Waals surface area contributed by atoms with Gasteiger partial charge in [0.25, 0.3) is 0 Å². The molecule has 0 aromatic heterocycles. The van der Waals surface area contributed by atoms with Gasteiger partial charge in [-0.25, -0.2) is 0 Å². The number of benzene rings is 1. The van der Waals surface area contributed by atoms with E-state index in [0.29, 0.717) is 12.2 Å². The van der Waals surface area contributed by atoms with Crippen molar-refractivity contribution in [1.82, 2.24) is 5.32 Å². The van der Waals surface area contributed by atoms with Gasteiger partial charge in [0.15, 0.2) is 0 Å². The molecule has 0 saturated carbocycles. The molecule has 1 aromatic carbocycles. The first kappa shape index (κ1) is 17.7. The number of anilines is 1. The molecular formula is C15H19F3N2O3. The maximum atomic E-state index is 11.9. The van der Waals surface area contributed by atoms with Crippen molar-refractivity contribution in [3.8, 4) is 0 Å². The summed E-state index contributed by atoms with van der Waals surface area (Å²) in [4.78, 5) is 11.5. The summed E-state index contributed by atoms with van der Waals surface area (Å²) in [6.45, 7) is 1.41. The molecule has 1 saturated heterocycles. The number of alkyl halides is 3.